The Balaban J connectivity index is -0.0000000200. The molecule has 5 heavy (non-hydrogen) atoms. The van der Waals surface area contributed by atoms with Crippen LogP contribution in [0.5, 0.6) is 0 Å². The third-order valence-corrected chi connectivity index (χ3v) is 0. The Labute approximate surface area is 29.2 Å². The van der Waals surface area contributed by atoms with Crippen LogP contribution < -0.4 is 6.15 Å². The minimum Gasteiger partial charge on any atom is -0.412 e. The zero-order chi connectivity index (χ0) is 2.71. The summed E-state index contributed by atoms with van der Waals surface area (Å²) in [4.78, 5) is 8.35. The van der Waals surface area contributed by atoms with E-state index in [2.05, 4.69) is 0 Å². The summed E-state index contributed by atoms with van der Waals surface area (Å²) in [5.41, 5.74) is 0. The highest BCUT2D eigenvalue weighted by atomic mass is 16.1. The van der Waals surface area contributed by atoms with Crippen LogP contribution in [-0.2, 0) is 4.79 Å². The quantitative estimate of drug-likeness (QED) is 0.293. The van der Waals surface area contributed by atoms with Gasteiger partial charge in [-0.05, 0) is 0 Å². The van der Waals surface area contributed by atoms with E-state index in [0.29, 0.717) is 0 Å². The summed E-state index contributed by atoms with van der Waals surface area (Å²) in [7, 11) is 0. The SMILES string of the molecule is N.N=C=O.O. The van der Waals surface area contributed by atoms with E-state index in [0.717, 1.165) is 6.08 Å². The molecule has 0 rings (SSSR count). The molecule has 0 aromatic carbocycles. The molecule has 0 heterocycles. The maximum absolute atomic E-state index is 8.35. The second-order valence-corrected chi connectivity index (χ2v) is 0.102. The Kier molecular flexibility index (Phi) is 1070. The molecule has 0 unspecified atom stereocenters. The van der Waals surface area contributed by atoms with Gasteiger partial charge in [0.2, 0.25) is 6.08 Å². The van der Waals surface area contributed by atoms with Crippen LogP contribution in [0.3, 0.4) is 0 Å². The maximum atomic E-state index is 8.35. The summed E-state index contributed by atoms with van der Waals surface area (Å²) >= 11 is 0. The van der Waals surface area contributed by atoms with E-state index in [1.807, 2.05) is 0 Å². The largest absolute Gasteiger partial charge is 0.412 e. The van der Waals surface area contributed by atoms with Gasteiger partial charge < -0.3 is 11.6 Å². The lowest BCUT2D eigenvalue weighted by Gasteiger charge is -1.02. The topological polar surface area (TPSA) is 107 Å². The van der Waals surface area contributed by atoms with Crippen LogP contribution in [0.15, 0.2) is 0 Å². The van der Waals surface area contributed by atoms with Crippen LogP contribution >= 0.6 is 0 Å². The van der Waals surface area contributed by atoms with Crippen molar-refractivity contribution in [1.82, 2.24) is 6.15 Å². The minimum absolute atomic E-state index is 0. The van der Waals surface area contributed by atoms with Gasteiger partial charge in [0.15, 0.2) is 0 Å². The monoisotopic (exact) mass is 78.0 g/mol. The Hall–Kier alpha value is -0.700. The summed E-state index contributed by atoms with van der Waals surface area (Å²) in [6.45, 7) is 0. The van der Waals surface area contributed by atoms with Crippen LogP contribution in [0.4, 0.5) is 0 Å². The van der Waals surface area contributed by atoms with Gasteiger partial charge in [0.1, 0.15) is 0 Å². The molecule has 4 heteroatoms. The van der Waals surface area contributed by atoms with Crippen LogP contribution in [0.25, 0.3) is 0 Å². The fourth-order valence-corrected chi connectivity index (χ4v) is 0. The first-order valence-electron chi connectivity index (χ1n) is 0.454. The highest BCUT2D eigenvalue weighted by Crippen LogP contribution is 0.868. The fraction of sp³-hybridized carbons (Fsp3) is 0. The predicted molar refractivity (Wildman–Crippen MR) is 17.0 cm³/mol. The Morgan fingerprint density at radius 2 is 1.60 bits per heavy atom. The lowest BCUT2D eigenvalue weighted by Crippen LogP contribution is -1.16. The number of nitrogens with one attached hydrogen (secondary N) is 1. The third-order valence-electron chi connectivity index (χ3n) is 0. The summed E-state index contributed by atoms with van der Waals surface area (Å²) < 4.78 is 0. The molecule has 4 nitrogen and oxygen atoms in total. The third kappa shape index (κ3) is 11.4. The van der Waals surface area contributed by atoms with Gasteiger partial charge in [0, 0.05) is 0 Å². The molecule has 0 atom stereocenters. The maximum Gasteiger partial charge on any atom is 0.231 e. The minimum atomic E-state index is 0. The van der Waals surface area contributed by atoms with Crippen molar-refractivity contribution in [2.45, 2.75) is 0 Å². The average Bonchev–Trinajstić information content (AvgIpc) is 0.918. The molecule has 0 aromatic heterocycles. The molecule has 0 aromatic rings. The summed E-state index contributed by atoms with van der Waals surface area (Å²) in [5.74, 6) is 0. The first-order valence-corrected chi connectivity index (χ1v) is 0.454. The summed E-state index contributed by atoms with van der Waals surface area (Å²) in [6, 6.07) is 0. The zero-order valence-corrected chi connectivity index (χ0v) is 2.62. The van der Waals surface area contributed by atoms with E-state index < -0.39 is 0 Å². The van der Waals surface area contributed by atoms with Gasteiger partial charge in [-0.3, -0.25) is 0 Å². The van der Waals surface area contributed by atoms with E-state index in [1.165, 1.54) is 0 Å². The van der Waals surface area contributed by atoms with Crippen molar-refractivity contribution in [2.75, 3.05) is 0 Å². The van der Waals surface area contributed by atoms with Gasteiger partial charge in [-0.15, -0.1) is 0 Å². The normalized spacial score (nSPS) is 1.60. The number of carbonyl (C=O) groups excluding carboxylic acids is 1. The first kappa shape index (κ1) is 27.7. The van der Waals surface area contributed by atoms with E-state index >= 15 is 0 Å². The van der Waals surface area contributed by atoms with Gasteiger partial charge in [0.05, 0.1) is 0 Å². The highest BCUT2D eigenvalue weighted by molar-refractivity contribution is 5.26. The fourth-order valence-electron chi connectivity index (χ4n) is 0. The van der Waals surface area contributed by atoms with Crippen LogP contribution in [0.1, 0.15) is 0 Å². The van der Waals surface area contributed by atoms with Gasteiger partial charge in [0.25, 0.3) is 0 Å². The Morgan fingerprint density at radius 1 is 1.60 bits per heavy atom. The molecule has 0 bridgehead atoms. The van der Waals surface area contributed by atoms with Crippen molar-refractivity contribution >= 4 is 6.08 Å². The molecule has 32 valence electrons. The number of rotatable bonds is 0. The molecule has 0 aliphatic carbocycles. The van der Waals surface area contributed by atoms with Crippen molar-refractivity contribution in [1.29, 1.82) is 5.41 Å². The molecular formula is CH6N2O2. The molecular weight excluding hydrogens is 72.0 g/mol. The predicted octanol–water partition coefficient (Wildman–Crippen LogP) is -0.762. The smallest absolute Gasteiger partial charge is 0.231 e. The molecule has 6 N–H and O–H groups in total. The van der Waals surface area contributed by atoms with Crippen LogP contribution in [0, 0.1) is 5.41 Å². The zero-order valence-electron chi connectivity index (χ0n) is 2.62. The molecule has 0 saturated carbocycles. The summed E-state index contributed by atoms with van der Waals surface area (Å²) in [6.07, 6.45) is 0.750. The van der Waals surface area contributed by atoms with Crippen LogP contribution in [0.2, 0.25) is 0 Å². The van der Waals surface area contributed by atoms with Gasteiger partial charge >= 0.3 is 0 Å². The van der Waals surface area contributed by atoms with Crippen molar-refractivity contribution in [2.24, 2.45) is 0 Å². The number of isocyanates is 1. The average molecular weight is 78.1 g/mol. The number of hydrogen-bond acceptors (Lipinski definition) is 3. The number of hydrogen-bond donors (Lipinski definition) is 2. The molecule has 0 aliphatic rings. The van der Waals surface area contributed by atoms with Crippen molar-refractivity contribution < 1.29 is 10.3 Å². The lowest BCUT2D eigenvalue weighted by molar-refractivity contribution is 0.563. The van der Waals surface area contributed by atoms with E-state index in [9.17, 15) is 0 Å². The van der Waals surface area contributed by atoms with Crippen molar-refractivity contribution in [3.05, 3.63) is 0 Å². The van der Waals surface area contributed by atoms with Crippen molar-refractivity contribution in [3.63, 3.8) is 0 Å². The summed E-state index contributed by atoms with van der Waals surface area (Å²) in [5, 5.41) is 5.40. The second kappa shape index (κ2) is 194. The highest BCUT2D eigenvalue weighted by Gasteiger charge is 1.03. The van der Waals surface area contributed by atoms with Crippen LogP contribution in [-0.4, -0.2) is 11.6 Å². The van der Waals surface area contributed by atoms with Gasteiger partial charge in [-0.2, -0.15) is 0 Å². The molecule has 0 amide bonds. The molecule has 0 radical (unpaired) electrons. The Morgan fingerprint density at radius 3 is 1.60 bits per heavy atom. The molecule has 0 fully saturated rings. The molecule has 0 spiro atoms. The van der Waals surface area contributed by atoms with E-state index in [1.54, 1.807) is 0 Å². The lowest BCUT2D eigenvalue weighted by atomic mass is 11.7. The van der Waals surface area contributed by atoms with Crippen molar-refractivity contribution in [3.8, 4) is 0 Å². The van der Waals surface area contributed by atoms with Gasteiger partial charge in [-0.1, -0.05) is 0 Å². The Bertz CT molecular complexity index is 28.6. The molecule has 0 aliphatic heterocycles. The standard InChI is InChI=1S/CHNO.H3N.H2O/c2-1-3;;/h2H;1H3;1H2. The first-order chi connectivity index (χ1) is 1.41. The second-order valence-electron chi connectivity index (χ2n) is 0.102. The van der Waals surface area contributed by atoms with Gasteiger partial charge in [-0.25, -0.2) is 10.2 Å². The van der Waals surface area contributed by atoms with E-state index in [4.69, 9.17) is 10.2 Å². The molecule has 0 saturated heterocycles. The van der Waals surface area contributed by atoms with E-state index in [-0.39, 0.29) is 11.6 Å².